The number of pyridine rings is 1. The summed E-state index contributed by atoms with van der Waals surface area (Å²) in [6, 6.07) is 8.55. The molecule has 1 fully saturated rings. The number of aliphatic imine (C=N–C) groups is 1. The van der Waals surface area contributed by atoms with Gasteiger partial charge in [0, 0.05) is 42.1 Å². The van der Waals surface area contributed by atoms with E-state index in [-0.39, 0.29) is 17.4 Å². The predicted molar refractivity (Wildman–Crippen MR) is 125 cm³/mol. The maximum absolute atomic E-state index is 15.0. The Bertz CT molecular complexity index is 1170. The highest BCUT2D eigenvalue weighted by molar-refractivity contribution is 5.94. The van der Waals surface area contributed by atoms with Gasteiger partial charge >= 0.3 is 0 Å². The van der Waals surface area contributed by atoms with Crippen LogP contribution < -0.4 is 5.73 Å². The average molecular weight is 431 g/mol. The van der Waals surface area contributed by atoms with Crippen molar-refractivity contribution in [2.45, 2.75) is 45.4 Å². The Morgan fingerprint density at radius 3 is 2.72 bits per heavy atom. The minimum absolute atomic E-state index is 0.114. The number of halogens is 1. The first-order valence-electron chi connectivity index (χ1n) is 11.1. The number of aromatic nitrogens is 1. The molecule has 0 saturated carbocycles. The summed E-state index contributed by atoms with van der Waals surface area (Å²) in [6.07, 6.45) is 5.15. The molecule has 0 radical (unpaired) electrons. The maximum Gasteiger partial charge on any atom is 0.256 e. The van der Waals surface area contributed by atoms with Crippen molar-refractivity contribution >= 4 is 17.9 Å². The molecule has 1 unspecified atom stereocenters. The Kier molecular flexibility index (Phi) is 6.36. The number of amides is 1. The molecule has 2 aliphatic heterocycles. The number of rotatable bonds is 3. The Morgan fingerprint density at radius 1 is 1.22 bits per heavy atom. The number of nitrogen functional groups attached to an aromatic ring is 1. The van der Waals surface area contributed by atoms with Crippen LogP contribution in [0.4, 0.5) is 10.2 Å². The van der Waals surface area contributed by atoms with Gasteiger partial charge in [-0.1, -0.05) is 24.8 Å². The maximum atomic E-state index is 15.0. The van der Waals surface area contributed by atoms with Crippen LogP contribution in [0.15, 0.2) is 46.6 Å². The molecule has 1 saturated heterocycles. The lowest BCUT2D eigenvalue weighted by molar-refractivity contribution is 0.0788. The third kappa shape index (κ3) is 4.43. The zero-order valence-corrected chi connectivity index (χ0v) is 18.5. The smallest absolute Gasteiger partial charge is 0.256 e. The highest BCUT2D eigenvalue weighted by Gasteiger charge is 2.25. The van der Waals surface area contributed by atoms with E-state index in [9.17, 15) is 9.18 Å². The van der Waals surface area contributed by atoms with E-state index < -0.39 is 5.82 Å². The molecule has 0 spiro atoms. The van der Waals surface area contributed by atoms with E-state index in [4.69, 9.17) is 5.73 Å². The summed E-state index contributed by atoms with van der Waals surface area (Å²) in [4.78, 5) is 23.2. The number of nitrogens with two attached hydrogens (primary N) is 1. The molecule has 1 aromatic carbocycles. The van der Waals surface area contributed by atoms with Gasteiger partial charge in [-0.15, -0.1) is 0 Å². The molecule has 1 amide bonds. The van der Waals surface area contributed by atoms with Crippen LogP contribution in [0.1, 0.15) is 66.2 Å². The van der Waals surface area contributed by atoms with Crippen LogP contribution in [-0.2, 0) is 6.42 Å². The van der Waals surface area contributed by atoms with Gasteiger partial charge in [0.15, 0.2) is 0 Å². The first-order chi connectivity index (χ1) is 15.5. The summed E-state index contributed by atoms with van der Waals surface area (Å²) < 4.78 is 15.0. The van der Waals surface area contributed by atoms with E-state index >= 15 is 0 Å². The Balaban J connectivity index is 1.64. The van der Waals surface area contributed by atoms with Gasteiger partial charge in [0.1, 0.15) is 11.6 Å². The van der Waals surface area contributed by atoms with Crippen molar-refractivity contribution in [1.29, 1.82) is 0 Å². The molecule has 0 aliphatic carbocycles. The molecule has 1 aromatic heterocycles. The van der Waals surface area contributed by atoms with Crippen molar-refractivity contribution in [1.82, 2.24) is 9.88 Å². The van der Waals surface area contributed by atoms with Crippen LogP contribution in [0, 0.1) is 17.7 Å². The van der Waals surface area contributed by atoms with Crippen LogP contribution >= 0.6 is 0 Å². The molecular weight excluding hydrogens is 403 g/mol. The van der Waals surface area contributed by atoms with E-state index in [1.54, 1.807) is 17.0 Å². The number of likely N-dealkylation sites (tertiary alicyclic amines) is 1. The van der Waals surface area contributed by atoms with Crippen molar-refractivity contribution in [2.24, 2.45) is 4.99 Å². The first kappa shape index (κ1) is 21.8. The molecule has 2 aromatic rings. The van der Waals surface area contributed by atoms with E-state index in [0.717, 1.165) is 47.4 Å². The van der Waals surface area contributed by atoms with Gasteiger partial charge in [-0.3, -0.25) is 9.79 Å². The Labute approximate surface area is 188 Å². The topological polar surface area (TPSA) is 71.6 Å². The van der Waals surface area contributed by atoms with Gasteiger partial charge in [0.25, 0.3) is 5.91 Å². The molecule has 3 heterocycles. The zero-order valence-electron chi connectivity index (χ0n) is 18.5. The standard InChI is InChI=1S/C26H27FN4O/c1-3-24-18(8-11-25(28)30-24)6-9-20-17(2)29-13-12-21(20)19-7-10-22(23(27)16-19)26(32)31-14-4-5-15-31/h7-8,10-11,13,16,21H,3-5,12,14-15H2,1-2H3,(H2,28,30). The van der Waals surface area contributed by atoms with Gasteiger partial charge < -0.3 is 10.6 Å². The monoisotopic (exact) mass is 430 g/mol. The fraction of sp³-hybridized carbons (Fsp3) is 0.346. The molecule has 4 rings (SSSR count). The number of aryl methyl sites for hydroxylation is 1. The van der Waals surface area contributed by atoms with E-state index in [1.165, 1.54) is 6.07 Å². The number of hydrogen-bond donors (Lipinski definition) is 1. The van der Waals surface area contributed by atoms with Gasteiger partial charge in [-0.2, -0.15) is 0 Å². The van der Waals surface area contributed by atoms with Crippen molar-refractivity contribution in [3.63, 3.8) is 0 Å². The molecule has 1 atom stereocenters. The summed E-state index contributed by atoms with van der Waals surface area (Å²) in [7, 11) is 0. The molecule has 164 valence electrons. The minimum atomic E-state index is -0.483. The minimum Gasteiger partial charge on any atom is -0.384 e. The van der Waals surface area contributed by atoms with Gasteiger partial charge in [0.2, 0.25) is 0 Å². The fourth-order valence-electron chi connectivity index (χ4n) is 4.26. The van der Waals surface area contributed by atoms with Crippen molar-refractivity contribution in [3.05, 3.63) is 69.8 Å². The lowest BCUT2D eigenvalue weighted by Crippen LogP contribution is -2.28. The molecule has 2 N–H and O–H groups in total. The molecule has 2 aliphatic rings. The zero-order chi connectivity index (χ0) is 22.7. The number of allylic oxidation sites excluding steroid dienone is 2. The van der Waals surface area contributed by atoms with Crippen molar-refractivity contribution in [3.8, 4) is 11.8 Å². The van der Waals surface area contributed by atoms with Crippen LogP contribution in [0.25, 0.3) is 0 Å². The van der Waals surface area contributed by atoms with Crippen LogP contribution in [0.2, 0.25) is 0 Å². The van der Waals surface area contributed by atoms with E-state index in [1.807, 2.05) is 32.2 Å². The van der Waals surface area contributed by atoms with Gasteiger partial charge in [-0.25, -0.2) is 9.37 Å². The normalized spacial score (nSPS) is 18.0. The number of benzene rings is 1. The van der Waals surface area contributed by atoms with Gasteiger partial charge in [0.05, 0.1) is 11.3 Å². The van der Waals surface area contributed by atoms with E-state index in [0.29, 0.717) is 25.3 Å². The summed E-state index contributed by atoms with van der Waals surface area (Å²) in [5.41, 5.74) is 10.1. The van der Waals surface area contributed by atoms with Crippen molar-refractivity contribution < 1.29 is 9.18 Å². The van der Waals surface area contributed by atoms with E-state index in [2.05, 4.69) is 21.8 Å². The molecule has 6 heteroatoms. The third-order valence-electron chi connectivity index (χ3n) is 6.05. The Morgan fingerprint density at radius 2 is 2.00 bits per heavy atom. The number of carbonyl (C=O) groups is 1. The fourth-order valence-corrected chi connectivity index (χ4v) is 4.26. The summed E-state index contributed by atoms with van der Waals surface area (Å²) in [5, 5.41) is 0. The number of carbonyl (C=O) groups excluding carboxylic acids is 1. The number of nitrogens with zero attached hydrogens (tertiary/aromatic N) is 3. The van der Waals surface area contributed by atoms with Crippen LogP contribution in [-0.4, -0.2) is 35.1 Å². The number of hydrogen-bond acceptors (Lipinski definition) is 4. The van der Waals surface area contributed by atoms with Gasteiger partial charge in [-0.05, 0) is 62.4 Å². The average Bonchev–Trinajstić information content (AvgIpc) is 3.33. The lowest BCUT2D eigenvalue weighted by Gasteiger charge is -2.21. The highest BCUT2D eigenvalue weighted by atomic mass is 19.1. The van der Waals surface area contributed by atoms with Crippen molar-refractivity contribution in [2.75, 3.05) is 18.8 Å². The molecule has 32 heavy (non-hydrogen) atoms. The quantitative estimate of drug-likeness (QED) is 0.730. The molecule has 0 bridgehead atoms. The second-order valence-electron chi connectivity index (χ2n) is 8.17. The second-order valence-corrected chi connectivity index (χ2v) is 8.17. The van der Waals surface area contributed by atoms with Crippen LogP contribution in [0.3, 0.4) is 0 Å². The third-order valence-corrected chi connectivity index (χ3v) is 6.05. The number of anilines is 1. The summed E-state index contributed by atoms with van der Waals surface area (Å²) in [6.45, 7) is 5.32. The highest BCUT2D eigenvalue weighted by Crippen LogP contribution is 2.33. The first-order valence-corrected chi connectivity index (χ1v) is 11.1. The summed E-state index contributed by atoms with van der Waals surface area (Å²) >= 11 is 0. The molecular formula is C26H27FN4O. The summed E-state index contributed by atoms with van der Waals surface area (Å²) in [5.74, 6) is 6.13. The predicted octanol–water partition coefficient (Wildman–Crippen LogP) is 4.49. The Hall–Kier alpha value is -3.46. The lowest BCUT2D eigenvalue weighted by atomic mass is 9.85. The SMILES string of the molecule is CCc1nc(N)ccc1C#CC1=C(C)N=CCC1c1ccc(C(=O)N2CCCC2)c(F)c1. The van der Waals surface area contributed by atoms with Crippen LogP contribution in [0.5, 0.6) is 0 Å². The molecule has 5 nitrogen and oxygen atoms in total. The largest absolute Gasteiger partial charge is 0.384 e. The second kappa shape index (κ2) is 9.35.